The van der Waals surface area contributed by atoms with Gasteiger partial charge in [0, 0.05) is 29.5 Å². The fourth-order valence-corrected chi connectivity index (χ4v) is 3.41. The predicted octanol–water partition coefficient (Wildman–Crippen LogP) is 6.21. The van der Waals surface area contributed by atoms with E-state index in [9.17, 15) is 18.3 Å². The van der Waals surface area contributed by atoms with Crippen LogP contribution in [0.2, 0.25) is 5.02 Å². The van der Waals surface area contributed by atoms with Gasteiger partial charge in [-0.15, -0.1) is 0 Å². The number of hydrogen-bond acceptors (Lipinski definition) is 4. The lowest BCUT2D eigenvalue weighted by Gasteiger charge is -2.23. The molecule has 0 aliphatic heterocycles. The Morgan fingerprint density at radius 2 is 1.80 bits per heavy atom. The molecule has 2 aromatic carbocycles. The molecule has 30 heavy (non-hydrogen) atoms. The fourth-order valence-electron chi connectivity index (χ4n) is 3.23. The maximum absolute atomic E-state index is 13.2. The minimum Gasteiger partial charge on any atom is -0.505 e. The SMILES string of the molecule is Oc1c(C(Nc2cc(C(F)(F)F)ccc2Cl)c2cccnc2)ccc2cccnc12. The highest BCUT2D eigenvalue weighted by molar-refractivity contribution is 6.33. The number of nitrogens with one attached hydrogen (secondary N) is 1. The van der Waals surface area contributed by atoms with Crippen molar-refractivity contribution in [3.05, 3.63) is 94.9 Å². The summed E-state index contributed by atoms with van der Waals surface area (Å²) in [6, 6.07) is 12.8. The van der Waals surface area contributed by atoms with Gasteiger partial charge in [0.25, 0.3) is 0 Å². The summed E-state index contributed by atoms with van der Waals surface area (Å²) < 4.78 is 39.6. The molecule has 1 atom stereocenters. The molecule has 0 aliphatic carbocycles. The van der Waals surface area contributed by atoms with Crippen molar-refractivity contribution in [3.8, 4) is 5.75 Å². The van der Waals surface area contributed by atoms with Gasteiger partial charge in [-0.1, -0.05) is 35.9 Å². The van der Waals surface area contributed by atoms with E-state index in [4.69, 9.17) is 11.6 Å². The maximum atomic E-state index is 13.2. The Balaban J connectivity index is 1.85. The number of nitrogens with zero attached hydrogens (tertiary/aromatic N) is 2. The second-order valence-corrected chi connectivity index (χ2v) is 7.04. The Kier molecular flexibility index (Phi) is 5.22. The third-order valence-electron chi connectivity index (χ3n) is 4.70. The van der Waals surface area contributed by atoms with Crippen LogP contribution in [0.5, 0.6) is 5.75 Å². The van der Waals surface area contributed by atoms with Crippen molar-refractivity contribution in [2.75, 3.05) is 5.32 Å². The third kappa shape index (κ3) is 3.89. The number of hydrogen-bond donors (Lipinski definition) is 2. The molecule has 4 nitrogen and oxygen atoms in total. The van der Waals surface area contributed by atoms with Gasteiger partial charge in [0.15, 0.2) is 0 Å². The summed E-state index contributed by atoms with van der Waals surface area (Å²) in [6.07, 6.45) is 0.197. The highest BCUT2D eigenvalue weighted by Gasteiger charge is 2.31. The Morgan fingerprint density at radius 1 is 1.00 bits per heavy atom. The highest BCUT2D eigenvalue weighted by Crippen LogP contribution is 2.39. The summed E-state index contributed by atoms with van der Waals surface area (Å²) in [5.41, 5.74) is 0.713. The number of anilines is 1. The summed E-state index contributed by atoms with van der Waals surface area (Å²) in [5.74, 6) is -0.0717. The Labute approximate surface area is 175 Å². The van der Waals surface area contributed by atoms with Gasteiger partial charge >= 0.3 is 6.18 Å². The zero-order chi connectivity index (χ0) is 21.3. The molecule has 2 aromatic heterocycles. The van der Waals surface area contributed by atoms with Crippen LogP contribution < -0.4 is 5.32 Å². The molecule has 2 heterocycles. The summed E-state index contributed by atoms with van der Waals surface area (Å²) in [7, 11) is 0. The first-order valence-corrected chi connectivity index (χ1v) is 9.32. The van der Waals surface area contributed by atoms with Crippen LogP contribution in [0.4, 0.5) is 18.9 Å². The van der Waals surface area contributed by atoms with E-state index in [0.717, 1.165) is 17.5 Å². The number of rotatable bonds is 4. The van der Waals surface area contributed by atoms with Crippen molar-refractivity contribution >= 4 is 28.2 Å². The lowest BCUT2D eigenvalue weighted by Crippen LogP contribution is -2.14. The molecule has 0 fully saturated rings. The number of fused-ring (bicyclic) bond motifs is 1. The van der Waals surface area contributed by atoms with Gasteiger partial charge in [-0.3, -0.25) is 9.97 Å². The number of alkyl halides is 3. The molecule has 0 saturated carbocycles. The van der Waals surface area contributed by atoms with E-state index in [1.165, 1.54) is 6.07 Å². The molecule has 0 saturated heterocycles. The van der Waals surface area contributed by atoms with Crippen LogP contribution in [0.1, 0.15) is 22.7 Å². The monoisotopic (exact) mass is 429 g/mol. The van der Waals surface area contributed by atoms with Crippen LogP contribution in [-0.2, 0) is 6.18 Å². The van der Waals surface area contributed by atoms with Gasteiger partial charge in [-0.25, -0.2) is 0 Å². The number of phenolic OH excluding ortho intramolecular Hbond substituents is 1. The molecule has 4 rings (SSSR count). The van der Waals surface area contributed by atoms with E-state index in [-0.39, 0.29) is 16.5 Å². The first-order chi connectivity index (χ1) is 14.3. The standard InChI is InChI=1S/C22H15ClF3N3O/c23-17-8-6-15(22(24,25)26)11-18(17)29-19(14-4-1-9-27-12-14)16-7-5-13-3-2-10-28-20(13)21(16)30/h1-12,19,29-30H. The summed E-state index contributed by atoms with van der Waals surface area (Å²) in [5, 5.41) is 14.8. The largest absolute Gasteiger partial charge is 0.505 e. The van der Waals surface area contributed by atoms with Gasteiger partial charge in [-0.2, -0.15) is 13.2 Å². The van der Waals surface area contributed by atoms with Crippen molar-refractivity contribution in [1.82, 2.24) is 9.97 Å². The Morgan fingerprint density at radius 3 is 2.53 bits per heavy atom. The average molecular weight is 430 g/mol. The molecule has 0 amide bonds. The van der Waals surface area contributed by atoms with Gasteiger partial charge in [0.2, 0.25) is 0 Å². The molecule has 8 heteroatoms. The highest BCUT2D eigenvalue weighted by atomic mass is 35.5. The molecule has 0 aliphatic rings. The number of pyridine rings is 2. The second kappa shape index (κ2) is 7.84. The fraction of sp³-hybridized carbons (Fsp3) is 0.0909. The van der Waals surface area contributed by atoms with E-state index in [1.54, 1.807) is 48.9 Å². The number of aromatic nitrogens is 2. The molecule has 0 bridgehead atoms. The predicted molar refractivity (Wildman–Crippen MR) is 110 cm³/mol. The number of benzene rings is 2. The zero-order valence-electron chi connectivity index (χ0n) is 15.4. The van der Waals surface area contributed by atoms with Gasteiger partial charge in [0.05, 0.1) is 22.3 Å². The topological polar surface area (TPSA) is 58.0 Å². The van der Waals surface area contributed by atoms with Crippen LogP contribution in [0.3, 0.4) is 0 Å². The number of aromatic hydroxyl groups is 1. The van der Waals surface area contributed by atoms with Crippen molar-refractivity contribution in [2.45, 2.75) is 12.2 Å². The Bertz CT molecular complexity index is 1200. The van der Waals surface area contributed by atoms with Gasteiger partial charge < -0.3 is 10.4 Å². The minimum atomic E-state index is -4.51. The van der Waals surface area contributed by atoms with Crippen LogP contribution in [-0.4, -0.2) is 15.1 Å². The normalized spacial score (nSPS) is 12.7. The average Bonchev–Trinajstić information content (AvgIpc) is 2.74. The van der Waals surface area contributed by atoms with Crippen molar-refractivity contribution in [3.63, 3.8) is 0 Å². The van der Waals surface area contributed by atoms with E-state index >= 15 is 0 Å². The van der Waals surface area contributed by atoms with Gasteiger partial charge in [0.1, 0.15) is 11.3 Å². The molecule has 1 unspecified atom stereocenters. The summed E-state index contributed by atoms with van der Waals surface area (Å²) in [6.45, 7) is 0. The molecule has 152 valence electrons. The van der Waals surface area contributed by atoms with E-state index in [1.807, 2.05) is 6.07 Å². The van der Waals surface area contributed by atoms with Crippen LogP contribution in [0.25, 0.3) is 10.9 Å². The van der Waals surface area contributed by atoms with Crippen molar-refractivity contribution in [2.24, 2.45) is 0 Å². The maximum Gasteiger partial charge on any atom is 0.416 e. The summed E-state index contributed by atoms with van der Waals surface area (Å²) in [4.78, 5) is 8.31. The van der Waals surface area contributed by atoms with Crippen molar-refractivity contribution in [1.29, 1.82) is 0 Å². The minimum absolute atomic E-state index is 0.0717. The lowest BCUT2D eigenvalue weighted by atomic mass is 9.97. The molecular formula is C22H15ClF3N3O. The van der Waals surface area contributed by atoms with Crippen LogP contribution in [0, 0.1) is 0 Å². The lowest BCUT2D eigenvalue weighted by molar-refractivity contribution is -0.137. The second-order valence-electron chi connectivity index (χ2n) is 6.63. The van der Waals surface area contributed by atoms with Crippen molar-refractivity contribution < 1.29 is 18.3 Å². The molecule has 0 radical (unpaired) electrons. The zero-order valence-corrected chi connectivity index (χ0v) is 16.1. The summed E-state index contributed by atoms with van der Waals surface area (Å²) >= 11 is 6.18. The third-order valence-corrected chi connectivity index (χ3v) is 5.03. The molecule has 2 N–H and O–H groups in total. The van der Waals surface area contributed by atoms with E-state index in [0.29, 0.717) is 16.6 Å². The first-order valence-electron chi connectivity index (χ1n) is 8.94. The number of phenols is 1. The van der Waals surface area contributed by atoms with E-state index in [2.05, 4.69) is 15.3 Å². The van der Waals surface area contributed by atoms with E-state index < -0.39 is 17.8 Å². The van der Waals surface area contributed by atoms with Crippen LogP contribution in [0.15, 0.2) is 73.2 Å². The Hall–Kier alpha value is -3.32. The van der Waals surface area contributed by atoms with Crippen LogP contribution >= 0.6 is 11.6 Å². The molecule has 4 aromatic rings. The smallest absolute Gasteiger partial charge is 0.416 e. The van der Waals surface area contributed by atoms with Gasteiger partial charge in [-0.05, 0) is 35.9 Å². The quantitative estimate of drug-likeness (QED) is 0.405. The molecular weight excluding hydrogens is 415 g/mol. The number of halogens is 4. The first kappa shape index (κ1) is 20.0. The molecule has 0 spiro atoms.